The predicted octanol–water partition coefficient (Wildman–Crippen LogP) is 2.78. The van der Waals surface area contributed by atoms with Crippen LogP contribution in [0.1, 0.15) is 21.6 Å². The predicted molar refractivity (Wildman–Crippen MR) is 105 cm³/mol. The quantitative estimate of drug-likeness (QED) is 0.634. The van der Waals surface area contributed by atoms with E-state index in [0.29, 0.717) is 11.2 Å². The summed E-state index contributed by atoms with van der Waals surface area (Å²) in [4.78, 5) is 16.6. The van der Waals surface area contributed by atoms with E-state index in [1.807, 2.05) is 36.2 Å². The number of nitrogens with zero attached hydrogens (tertiary/aromatic N) is 6. The first-order chi connectivity index (χ1) is 14.8. The number of hydrogen-bond acceptors (Lipinski definition) is 6. The molecule has 0 spiro atoms. The van der Waals surface area contributed by atoms with Crippen LogP contribution in [-0.4, -0.2) is 58.0 Å². The van der Waals surface area contributed by atoms with Crippen molar-refractivity contribution in [1.29, 1.82) is 0 Å². The van der Waals surface area contributed by atoms with Gasteiger partial charge in [-0.1, -0.05) is 18.2 Å². The lowest BCUT2D eigenvalue weighted by Gasteiger charge is -2.21. The third-order valence-electron chi connectivity index (χ3n) is 5.08. The van der Waals surface area contributed by atoms with Gasteiger partial charge in [0.25, 0.3) is 5.91 Å². The number of anilines is 1. The fourth-order valence-electron chi connectivity index (χ4n) is 3.52. The molecule has 1 aromatic carbocycles. The molecule has 0 N–H and O–H groups in total. The van der Waals surface area contributed by atoms with Crippen molar-refractivity contribution in [1.82, 2.24) is 24.9 Å². The van der Waals surface area contributed by atoms with E-state index in [1.54, 1.807) is 0 Å². The van der Waals surface area contributed by atoms with E-state index in [2.05, 4.69) is 15.3 Å². The summed E-state index contributed by atoms with van der Waals surface area (Å²) < 4.78 is 47.4. The summed E-state index contributed by atoms with van der Waals surface area (Å²) in [5.41, 5.74) is 0.0749. The van der Waals surface area contributed by atoms with E-state index in [9.17, 15) is 18.0 Å². The Morgan fingerprint density at radius 1 is 1.10 bits per heavy atom. The van der Waals surface area contributed by atoms with E-state index >= 15 is 0 Å². The molecule has 1 aliphatic heterocycles. The normalized spacial score (nSPS) is 14.2. The van der Waals surface area contributed by atoms with Gasteiger partial charge in [0.2, 0.25) is 5.88 Å². The lowest BCUT2D eigenvalue weighted by Crippen LogP contribution is -2.35. The minimum absolute atomic E-state index is 0.146. The van der Waals surface area contributed by atoms with Gasteiger partial charge in [0.05, 0.1) is 18.9 Å². The van der Waals surface area contributed by atoms with Gasteiger partial charge in [-0.3, -0.25) is 4.79 Å². The Hall–Kier alpha value is -3.63. The van der Waals surface area contributed by atoms with Crippen molar-refractivity contribution < 1.29 is 22.7 Å². The first kappa shape index (κ1) is 20.6. The zero-order valence-corrected chi connectivity index (χ0v) is 16.8. The maximum atomic E-state index is 14.0. The molecule has 0 atom stereocenters. The number of ether oxygens (including phenoxy) is 1. The number of fused-ring (bicyclic) bond motifs is 1. The van der Waals surface area contributed by atoms with Gasteiger partial charge in [-0.15, -0.1) is 10.2 Å². The average molecular weight is 432 g/mol. The van der Waals surface area contributed by atoms with Gasteiger partial charge in [-0.2, -0.15) is 18.3 Å². The zero-order valence-electron chi connectivity index (χ0n) is 16.8. The minimum Gasteiger partial charge on any atom is -0.480 e. The molecule has 4 rings (SSSR count). The van der Waals surface area contributed by atoms with Crippen molar-refractivity contribution in [2.45, 2.75) is 12.7 Å². The molecule has 3 heterocycles. The summed E-state index contributed by atoms with van der Waals surface area (Å²) in [6, 6.07) is 10.2. The molecule has 0 aliphatic carbocycles. The Bertz CT molecular complexity index is 1100. The van der Waals surface area contributed by atoms with Crippen LogP contribution < -0.4 is 9.64 Å². The van der Waals surface area contributed by atoms with E-state index < -0.39 is 23.3 Å². The highest BCUT2D eigenvalue weighted by molar-refractivity contribution is 5.95. The number of hydrogen-bond donors (Lipinski definition) is 0. The number of benzene rings is 1. The number of methoxy groups -OCH3 is 1. The lowest BCUT2D eigenvalue weighted by molar-refractivity contribution is -0.143. The minimum atomic E-state index is -4.83. The zero-order chi connectivity index (χ0) is 22.2. The molecule has 0 saturated heterocycles. The van der Waals surface area contributed by atoms with E-state index in [4.69, 9.17) is 4.74 Å². The number of para-hydroxylation sites is 1. The van der Waals surface area contributed by atoms with Crippen LogP contribution in [0.15, 0.2) is 42.6 Å². The van der Waals surface area contributed by atoms with Crippen molar-refractivity contribution in [2.75, 3.05) is 32.1 Å². The number of rotatable bonds is 3. The molecule has 1 amide bonds. The number of halogens is 3. The Labute approximate surface area is 175 Å². The van der Waals surface area contributed by atoms with Crippen molar-refractivity contribution >= 4 is 11.6 Å². The van der Waals surface area contributed by atoms with Crippen LogP contribution in [-0.2, 0) is 12.7 Å². The fraction of sp³-hybridized carbons (Fsp3) is 0.300. The van der Waals surface area contributed by atoms with Gasteiger partial charge in [0.15, 0.2) is 11.5 Å². The molecule has 0 saturated carbocycles. The molecule has 0 fully saturated rings. The molecule has 0 unspecified atom stereocenters. The first-order valence-corrected chi connectivity index (χ1v) is 9.41. The summed E-state index contributed by atoms with van der Waals surface area (Å²) in [5.74, 6) is -0.772. The van der Waals surface area contributed by atoms with Crippen LogP contribution in [0, 0.1) is 0 Å². The molecule has 0 radical (unpaired) electrons. The van der Waals surface area contributed by atoms with Gasteiger partial charge in [0, 0.05) is 38.4 Å². The summed E-state index contributed by atoms with van der Waals surface area (Å²) in [5, 5.41) is 11.2. The lowest BCUT2D eigenvalue weighted by atomic mass is 10.1. The van der Waals surface area contributed by atoms with Gasteiger partial charge in [-0.25, -0.2) is 4.68 Å². The Morgan fingerprint density at radius 2 is 1.87 bits per heavy atom. The van der Waals surface area contributed by atoms with Crippen LogP contribution in [0.4, 0.5) is 18.9 Å². The number of carbonyl (C=O) groups is 1. The van der Waals surface area contributed by atoms with Crippen LogP contribution in [0.2, 0.25) is 0 Å². The smallest absolute Gasteiger partial charge is 0.434 e. The molecule has 11 heteroatoms. The van der Waals surface area contributed by atoms with Gasteiger partial charge >= 0.3 is 6.18 Å². The van der Waals surface area contributed by atoms with Crippen molar-refractivity contribution in [3.8, 4) is 11.7 Å². The Balaban J connectivity index is 1.72. The number of aromatic nitrogens is 4. The third-order valence-corrected chi connectivity index (χ3v) is 5.08. The highest BCUT2D eigenvalue weighted by atomic mass is 19.4. The maximum Gasteiger partial charge on any atom is 0.434 e. The van der Waals surface area contributed by atoms with Crippen LogP contribution in [0.3, 0.4) is 0 Å². The van der Waals surface area contributed by atoms with Gasteiger partial charge in [0.1, 0.15) is 0 Å². The van der Waals surface area contributed by atoms with Crippen LogP contribution in [0.5, 0.6) is 5.88 Å². The monoisotopic (exact) mass is 432 g/mol. The topological polar surface area (TPSA) is 76.4 Å². The highest BCUT2D eigenvalue weighted by Crippen LogP contribution is 2.34. The molecule has 3 aromatic rings. The van der Waals surface area contributed by atoms with E-state index in [0.717, 1.165) is 17.4 Å². The molecule has 8 nitrogen and oxygen atoms in total. The van der Waals surface area contributed by atoms with E-state index in [1.165, 1.54) is 24.1 Å². The number of likely N-dealkylation sites (N-methyl/N-ethyl adjacent to an activating group) is 1. The second-order valence-corrected chi connectivity index (χ2v) is 7.03. The Morgan fingerprint density at radius 3 is 2.55 bits per heavy atom. The molecule has 162 valence electrons. The maximum absolute atomic E-state index is 14.0. The van der Waals surface area contributed by atoms with Crippen LogP contribution >= 0.6 is 0 Å². The number of alkyl halides is 3. The molecular weight excluding hydrogens is 413 g/mol. The Kier molecular flexibility index (Phi) is 5.25. The van der Waals surface area contributed by atoms with Gasteiger partial charge < -0.3 is 14.5 Å². The second-order valence-electron chi connectivity index (χ2n) is 7.03. The highest BCUT2D eigenvalue weighted by Gasteiger charge is 2.42. The van der Waals surface area contributed by atoms with Gasteiger partial charge in [-0.05, 0) is 17.7 Å². The van der Waals surface area contributed by atoms with Crippen molar-refractivity contribution in [2.24, 2.45) is 0 Å². The third kappa shape index (κ3) is 3.90. The van der Waals surface area contributed by atoms with Crippen LogP contribution in [0.25, 0.3) is 5.82 Å². The number of amides is 1. The van der Waals surface area contributed by atoms with E-state index in [-0.39, 0.29) is 24.8 Å². The first-order valence-electron chi connectivity index (χ1n) is 9.41. The molecule has 0 bridgehead atoms. The summed E-state index contributed by atoms with van der Waals surface area (Å²) in [6.45, 7) is 0.960. The molecule has 1 aliphatic rings. The standard InChI is InChI=1S/C20H19F3N6O2/c1-27-9-10-28(12-13-5-3-4-6-15(13)27)19(30)14-11-24-29(18(14)20(21,22)23)16-7-8-17(31-2)26-25-16/h3-8,11H,9-10,12H2,1-2H3. The molecular formula is C20H19F3N6O2. The second kappa shape index (κ2) is 7.89. The van der Waals surface area contributed by atoms with Crippen molar-refractivity contribution in [3.05, 3.63) is 59.4 Å². The SMILES string of the molecule is COc1ccc(-n2ncc(C(=O)N3CCN(C)c4ccccc4C3)c2C(F)(F)F)nn1. The molecule has 2 aromatic heterocycles. The number of carbonyl (C=O) groups excluding carboxylic acids is 1. The summed E-state index contributed by atoms with van der Waals surface area (Å²) in [6.07, 6.45) is -3.90. The largest absolute Gasteiger partial charge is 0.480 e. The summed E-state index contributed by atoms with van der Waals surface area (Å²) >= 11 is 0. The van der Waals surface area contributed by atoms with Crippen molar-refractivity contribution in [3.63, 3.8) is 0 Å². The fourth-order valence-corrected chi connectivity index (χ4v) is 3.52. The average Bonchev–Trinajstić information content (AvgIpc) is 3.15. The summed E-state index contributed by atoms with van der Waals surface area (Å²) in [7, 11) is 3.25. The molecule has 31 heavy (non-hydrogen) atoms.